The molecule has 4 heteroatoms. The topological polar surface area (TPSA) is 37.4 Å². The van der Waals surface area contributed by atoms with Gasteiger partial charge in [-0.1, -0.05) is 32.0 Å². The first kappa shape index (κ1) is 11.6. The predicted octanol–water partition coefficient (Wildman–Crippen LogP) is 2.27. The van der Waals surface area contributed by atoms with E-state index in [1.165, 1.54) is 4.31 Å². The SMILES string of the molecule is CC1(C)C[CH]N(S(=O)(=O)c2ccccc2)C1. The maximum absolute atomic E-state index is 12.2. The first-order valence-electron chi connectivity index (χ1n) is 5.32. The van der Waals surface area contributed by atoms with Crippen LogP contribution in [0.5, 0.6) is 0 Å². The van der Waals surface area contributed by atoms with Crippen molar-refractivity contribution < 1.29 is 8.42 Å². The molecule has 1 fully saturated rings. The van der Waals surface area contributed by atoms with Crippen molar-refractivity contribution in [2.75, 3.05) is 6.54 Å². The normalized spacial score (nSPS) is 21.1. The van der Waals surface area contributed by atoms with Crippen molar-refractivity contribution in [1.82, 2.24) is 4.31 Å². The lowest BCUT2D eigenvalue weighted by atomic mass is 9.93. The van der Waals surface area contributed by atoms with Gasteiger partial charge in [-0.25, -0.2) is 8.42 Å². The van der Waals surface area contributed by atoms with Gasteiger partial charge >= 0.3 is 0 Å². The fourth-order valence-corrected chi connectivity index (χ4v) is 3.37. The Labute approximate surface area is 97.1 Å². The summed E-state index contributed by atoms with van der Waals surface area (Å²) < 4.78 is 25.9. The molecule has 0 spiro atoms. The second kappa shape index (κ2) is 3.86. The molecule has 1 heterocycles. The fraction of sp³-hybridized carbons (Fsp3) is 0.417. The van der Waals surface area contributed by atoms with Crippen molar-refractivity contribution in [1.29, 1.82) is 0 Å². The van der Waals surface area contributed by atoms with E-state index in [0.29, 0.717) is 11.4 Å². The van der Waals surface area contributed by atoms with Gasteiger partial charge in [0.2, 0.25) is 10.0 Å². The molecule has 2 rings (SSSR count). The van der Waals surface area contributed by atoms with Crippen LogP contribution in [0.2, 0.25) is 0 Å². The Kier molecular flexibility index (Phi) is 2.80. The molecule has 0 saturated carbocycles. The zero-order valence-electron chi connectivity index (χ0n) is 9.55. The summed E-state index contributed by atoms with van der Waals surface area (Å²) in [6.45, 7) is 6.49. The molecule has 0 bridgehead atoms. The summed E-state index contributed by atoms with van der Waals surface area (Å²) in [5.41, 5.74) is 0.0435. The molecule has 1 aromatic carbocycles. The Morgan fingerprint density at radius 2 is 1.81 bits per heavy atom. The molecule has 0 amide bonds. The molecule has 1 aromatic rings. The Hall–Kier alpha value is -0.870. The van der Waals surface area contributed by atoms with Crippen LogP contribution in [0, 0.1) is 12.0 Å². The van der Waals surface area contributed by atoms with Crippen LogP contribution in [0.25, 0.3) is 0 Å². The quantitative estimate of drug-likeness (QED) is 0.792. The summed E-state index contributed by atoms with van der Waals surface area (Å²) in [5, 5.41) is 0. The predicted molar refractivity (Wildman–Crippen MR) is 63.0 cm³/mol. The molecular formula is C12H16NO2S. The van der Waals surface area contributed by atoms with Gasteiger partial charge in [-0.2, -0.15) is 4.31 Å². The third kappa shape index (κ3) is 2.13. The zero-order valence-corrected chi connectivity index (χ0v) is 10.4. The number of nitrogens with zero attached hydrogens (tertiary/aromatic N) is 1. The largest absolute Gasteiger partial charge is 0.243 e. The summed E-state index contributed by atoms with van der Waals surface area (Å²) in [4.78, 5) is 0.365. The first-order chi connectivity index (χ1) is 7.42. The summed E-state index contributed by atoms with van der Waals surface area (Å²) in [6, 6.07) is 8.57. The summed E-state index contributed by atoms with van der Waals surface area (Å²) in [7, 11) is -3.33. The van der Waals surface area contributed by atoms with Gasteiger partial charge in [-0.3, -0.25) is 0 Å². The second-order valence-corrected chi connectivity index (χ2v) is 6.80. The van der Waals surface area contributed by atoms with Gasteiger partial charge in [0.05, 0.1) is 4.90 Å². The van der Waals surface area contributed by atoms with Crippen LogP contribution in [0.4, 0.5) is 0 Å². The average molecular weight is 238 g/mol. The Morgan fingerprint density at radius 1 is 1.19 bits per heavy atom. The highest BCUT2D eigenvalue weighted by Gasteiger charge is 2.36. The van der Waals surface area contributed by atoms with Gasteiger partial charge in [-0.05, 0) is 24.0 Å². The number of hydrogen-bond acceptors (Lipinski definition) is 2. The second-order valence-electron chi connectivity index (χ2n) is 4.91. The Morgan fingerprint density at radius 3 is 2.31 bits per heavy atom. The van der Waals surface area contributed by atoms with Gasteiger partial charge in [0.15, 0.2) is 0 Å². The molecule has 87 valence electrons. The molecular weight excluding hydrogens is 222 g/mol. The monoisotopic (exact) mass is 238 g/mol. The molecule has 0 unspecified atom stereocenters. The van der Waals surface area contributed by atoms with Crippen LogP contribution >= 0.6 is 0 Å². The van der Waals surface area contributed by atoms with Crippen molar-refractivity contribution in [2.45, 2.75) is 25.2 Å². The molecule has 0 atom stereocenters. The third-order valence-corrected chi connectivity index (χ3v) is 4.54. The fourth-order valence-electron chi connectivity index (χ4n) is 1.81. The molecule has 16 heavy (non-hydrogen) atoms. The lowest BCUT2D eigenvalue weighted by Crippen LogP contribution is -2.28. The summed E-state index contributed by atoms with van der Waals surface area (Å²) in [5.74, 6) is 0. The maximum Gasteiger partial charge on any atom is 0.243 e. The summed E-state index contributed by atoms with van der Waals surface area (Å²) in [6.07, 6.45) is 0.805. The lowest BCUT2D eigenvalue weighted by molar-refractivity contribution is 0.376. The van der Waals surface area contributed by atoms with Crippen LogP contribution in [0.1, 0.15) is 20.3 Å². The van der Waals surface area contributed by atoms with E-state index in [0.717, 1.165) is 6.42 Å². The van der Waals surface area contributed by atoms with Crippen LogP contribution in [0.15, 0.2) is 35.2 Å². The highest BCUT2D eigenvalue weighted by Crippen LogP contribution is 2.35. The minimum Gasteiger partial charge on any atom is -0.207 e. The van der Waals surface area contributed by atoms with Gasteiger partial charge < -0.3 is 0 Å². The minimum atomic E-state index is -3.33. The first-order valence-corrected chi connectivity index (χ1v) is 6.76. The van der Waals surface area contributed by atoms with E-state index in [4.69, 9.17) is 0 Å². The zero-order chi connectivity index (χ0) is 11.8. The molecule has 1 radical (unpaired) electrons. The van der Waals surface area contributed by atoms with Gasteiger partial charge in [-0.15, -0.1) is 0 Å². The Balaban J connectivity index is 2.28. The molecule has 0 N–H and O–H groups in total. The molecule has 3 nitrogen and oxygen atoms in total. The average Bonchev–Trinajstić information content (AvgIpc) is 2.61. The lowest BCUT2D eigenvalue weighted by Gasteiger charge is -2.19. The van der Waals surface area contributed by atoms with E-state index >= 15 is 0 Å². The van der Waals surface area contributed by atoms with Crippen LogP contribution in [0.3, 0.4) is 0 Å². The Bertz CT molecular complexity index is 465. The van der Waals surface area contributed by atoms with E-state index in [1.807, 2.05) is 6.07 Å². The van der Waals surface area contributed by atoms with E-state index in [2.05, 4.69) is 13.8 Å². The highest BCUT2D eigenvalue weighted by molar-refractivity contribution is 7.89. The van der Waals surface area contributed by atoms with Crippen molar-refractivity contribution in [3.05, 3.63) is 36.9 Å². The molecule has 0 aliphatic carbocycles. The van der Waals surface area contributed by atoms with E-state index in [1.54, 1.807) is 30.8 Å². The van der Waals surface area contributed by atoms with Gasteiger partial charge in [0.25, 0.3) is 0 Å². The molecule has 1 aliphatic heterocycles. The van der Waals surface area contributed by atoms with Gasteiger partial charge in [0.1, 0.15) is 0 Å². The number of sulfonamides is 1. The third-order valence-electron chi connectivity index (χ3n) is 2.78. The van der Waals surface area contributed by atoms with Crippen LogP contribution in [-0.4, -0.2) is 19.3 Å². The summed E-state index contributed by atoms with van der Waals surface area (Å²) >= 11 is 0. The molecule has 1 saturated heterocycles. The molecule has 1 aliphatic rings. The molecule has 0 aromatic heterocycles. The van der Waals surface area contributed by atoms with E-state index < -0.39 is 10.0 Å². The smallest absolute Gasteiger partial charge is 0.207 e. The number of rotatable bonds is 2. The van der Waals surface area contributed by atoms with Crippen molar-refractivity contribution in [2.24, 2.45) is 5.41 Å². The minimum absolute atomic E-state index is 0.0435. The van der Waals surface area contributed by atoms with Crippen LogP contribution in [-0.2, 0) is 10.0 Å². The van der Waals surface area contributed by atoms with Gasteiger partial charge in [0, 0.05) is 13.1 Å². The van der Waals surface area contributed by atoms with E-state index in [9.17, 15) is 8.42 Å². The number of benzene rings is 1. The van der Waals surface area contributed by atoms with Crippen LogP contribution < -0.4 is 0 Å². The highest BCUT2D eigenvalue weighted by atomic mass is 32.2. The maximum atomic E-state index is 12.2. The number of hydrogen-bond donors (Lipinski definition) is 0. The van der Waals surface area contributed by atoms with Crippen molar-refractivity contribution in [3.8, 4) is 0 Å². The van der Waals surface area contributed by atoms with Crippen molar-refractivity contribution in [3.63, 3.8) is 0 Å². The van der Waals surface area contributed by atoms with E-state index in [-0.39, 0.29) is 5.41 Å². The van der Waals surface area contributed by atoms with Crippen molar-refractivity contribution >= 4 is 10.0 Å². The standard InChI is InChI=1S/C12H16NO2S/c1-12(2)8-9-13(10-12)16(14,15)11-6-4-3-5-7-11/h3-7,9H,8,10H2,1-2H3.